The van der Waals surface area contributed by atoms with E-state index in [1.54, 1.807) is 31.3 Å². The molecule has 146 valence electrons. The molecule has 0 saturated heterocycles. The Labute approximate surface area is 163 Å². The van der Waals surface area contributed by atoms with E-state index in [-0.39, 0.29) is 0 Å². The Morgan fingerprint density at radius 3 is 2.46 bits per heavy atom. The molecule has 0 N–H and O–H groups in total. The minimum Gasteiger partial charge on any atom is -0.0805 e. The summed E-state index contributed by atoms with van der Waals surface area (Å²) in [6, 6.07) is 0. The van der Waals surface area contributed by atoms with Crippen LogP contribution in [0.3, 0.4) is 0 Å². The second-order valence-electron chi connectivity index (χ2n) is 11.9. The third-order valence-corrected chi connectivity index (χ3v) is 14.4. The SMILES string of the molecule is CC1CC2C=C(C(C)(C)C)C=CC2C1[Si](C)(C)C1CCC2CCCCC21. The molecule has 4 aliphatic carbocycles. The molecule has 0 amide bonds. The summed E-state index contributed by atoms with van der Waals surface area (Å²) in [5, 5.41) is 0. The maximum Gasteiger partial charge on any atom is 0.0547 e. The van der Waals surface area contributed by atoms with Crippen LogP contribution < -0.4 is 0 Å². The molecule has 0 radical (unpaired) electrons. The van der Waals surface area contributed by atoms with E-state index in [0.29, 0.717) is 5.41 Å². The lowest BCUT2D eigenvalue weighted by Gasteiger charge is -2.45. The highest BCUT2D eigenvalue weighted by atomic mass is 28.3. The predicted molar refractivity (Wildman–Crippen MR) is 117 cm³/mol. The monoisotopic (exact) mass is 370 g/mol. The summed E-state index contributed by atoms with van der Waals surface area (Å²) < 4.78 is 0. The minimum atomic E-state index is -1.27. The topological polar surface area (TPSA) is 0 Å². The molecule has 0 aliphatic heterocycles. The van der Waals surface area contributed by atoms with Crippen molar-refractivity contribution in [2.45, 2.75) is 96.8 Å². The van der Waals surface area contributed by atoms with E-state index in [4.69, 9.17) is 0 Å². The quantitative estimate of drug-likeness (QED) is 0.434. The van der Waals surface area contributed by atoms with Crippen molar-refractivity contribution in [3.05, 3.63) is 23.8 Å². The van der Waals surface area contributed by atoms with Gasteiger partial charge in [0.1, 0.15) is 0 Å². The van der Waals surface area contributed by atoms with Gasteiger partial charge in [0.2, 0.25) is 0 Å². The molecular weight excluding hydrogens is 328 g/mol. The summed E-state index contributed by atoms with van der Waals surface area (Å²) in [6.07, 6.45) is 18.6. The Morgan fingerprint density at radius 1 is 1.00 bits per heavy atom. The van der Waals surface area contributed by atoms with Gasteiger partial charge in [0.25, 0.3) is 0 Å². The zero-order valence-electron chi connectivity index (χ0n) is 18.2. The van der Waals surface area contributed by atoms with Gasteiger partial charge in [0.15, 0.2) is 0 Å². The zero-order valence-corrected chi connectivity index (χ0v) is 19.2. The molecule has 0 heterocycles. The number of hydrogen-bond acceptors (Lipinski definition) is 0. The summed E-state index contributed by atoms with van der Waals surface area (Å²) in [5.74, 6) is 4.80. The molecule has 7 atom stereocenters. The molecule has 0 aromatic heterocycles. The van der Waals surface area contributed by atoms with Crippen LogP contribution in [0.25, 0.3) is 0 Å². The smallest absolute Gasteiger partial charge is 0.0547 e. The maximum atomic E-state index is 2.80. The Bertz CT molecular complexity index is 590. The fraction of sp³-hybridized carbons (Fsp3) is 0.840. The Hall–Kier alpha value is -0.303. The lowest BCUT2D eigenvalue weighted by atomic mass is 9.78. The largest absolute Gasteiger partial charge is 0.0805 e. The van der Waals surface area contributed by atoms with Crippen molar-refractivity contribution in [2.75, 3.05) is 0 Å². The van der Waals surface area contributed by atoms with E-state index in [0.717, 1.165) is 40.7 Å². The first-order chi connectivity index (χ1) is 12.2. The average molecular weight is 371 g/mol. The highest BCUT2D eigenvalue weighted by Gasteiger charge is 2.55. The molecule has 4 aliphatic rings. The summed E-state index contributed by atoms with van der Waals surface area (Å²) >= 11 is 0. The van der Waals surface area contributed by atoms with Gasteiger partial charge < -0.3 is 0 Å². The van der Waals surface area contributed by atoms with Crippen LogP contribution in [0, 0.1) is 35.0 Å². The molecule has 0 aromatic carbocycles. The van der Waals surface area contributed by atoms with Crippen molar-refractivity contribution < 1.29 is 0 Å². The van der Waals surface area contributed by atoms with Gasteiger partial charge in [-0.05, 0) is 58.1 Å². The fourth-order valence-corrected chi connectivity index (χ4v) is 13.9. The van der Waals surface area contributed by atoms with Gasteiger partial charge in [0, 0.05) is 0 Å². The highest BCUT2D eigenvalue weighted by molar-refractivity contribution is 6.80. The van der Waals surface area contributed by atoms with E-state index in [1.165, 1.54) is 19.3 Å². The van der Waals surface area contributed by atoms with Gasteiger partial charge in [-0.3, -0.25) is 0 Å². The summed E-state index contributed by atoms with van der Waals surface area (Å²) in [4.78, 5) is 0. The highest BCUT2D eigenvalue weighted by Crippen LogP contribution is 2.62. The normalized spacial score (nSPS) is 43.2. The maximum absolute atomic E-state index is 2.80. The van der Waals surface area contributed by atoms with Gasteiger partial charge in [-0.25, -0.2) is 0 Å². The Balaban J connectivity index is 1.58. The molecule has 3 fully saturated rings. The van der Waals surface area contributed by atoms with E-state index < -0.39 is 8.07 Å². The average Bonchev–Trinajstić information content (AvgIpc) is 3.13. The lowest BCUT2D eigenvalue weighted by Crippen LogP contribution is -2.44. The van der Waals surface area contributed by atoms with Crippen LogP contribution in [0.2, 0.25) is 24.2 Å². The zero-order chi connectivity index (χ0) is 18.7. The first kappa shape index (κ1) is 19.0. The molecule has 3 saturated carbocycles. The van der Waals surface area contributed by atoms with E-state index in [2.05, 4.69) is 59.0 Å². The van der Waals surface area contributed by atoms with Crippen molar-refractivity contribution >= 4 is 8.07 Å². The molecule has 4 rings (SSSR count). The third-order valence-electron chi connectivity index (χ3n) is 9.07. The molecule has 0 nitrogen and oxygen atoms in total. The molecule has 7 unspecified atom stereocenters. The Kier molecular flexibility index (Phi) is 4.86. The standard InChI is InChI=1S/C25H42Si/c1-17-15-19-16-20(25(2,3)4)12-13-22(19)24(17)26(5,6)23-14-11-18-9-7-8-10-21(18)23/h12-13,16-19,21-24H,7-11,14-15H2,1-6H3. The second-order valence-corrected chi connectivity index (χ2v) is 17.0. The summed E-state index contributed by atoms with van der Waals surface area (Å²) in [6.45, 7) is 15.3. The molecule has 1 heteroatoms. The Morgan fingerprint density at radius 2 is 1.73 bits per heavy atom. The van der Waals surface area contributed by atoms with Crippen molar-refractivity contribution in [3.63, 3.8) is 0 Å². The van der Waals surface area contributed by atoms with Crippen molar-refractivity contribution in [3.8, 4) is 0 Å². The third kappa shape index (κ3) is 3.11. The fourth-order valence-electron chi connectivity index (χ4n) is 7.95. The van der Waals surface area contributed by atoms with Gasteiger partial charge in [-0.1, -0.05) is 97.5 Å². The van der Waals surface area contributed by atoms with Crippen LogP contribution in [-0.2, 0) is 0 Å². The predicted octanol–water partition coefficient (Wildman–Crippen LogP) is 7.85. The van der Waals surface area contributed by atoms with Gasteiger partial charge in [0.05, 0.1) is 8.07 Å². The molecule has 0 bridgehead atoms. The van der Waals surface area contributed by atoms with Crippen LogP contribution in [0.15, 0.2) is 23.8 Å². The molecule has 0 spiro atoms. The van der Waals surface area contributed by atoms with Gasteiger partial charge in [-0.15, -0.1) is 0 Å². The first-order valence-electron chi connectivity index (χ1n) is 11.6. The van der Waals surface area contributed by atoms with Crippen LogP contribution in [0.1, 0.15) is 72.6 Å². The number of rotatable bonds is 2. The minimum absolute atomic E-state index is 0.302. The van der Waals surface area contributed by atoms with Gasteiger partial charge >= 0.3 is 0 Å². The van der Waals surface area contributed by atoms with Crippen LogP contribution in [0.4, 0.5) is 0 Å². The van der Waals surface area contributed by atoms with Crippen LogP contribution in [-0.4, -0.2) is 8.07 Å². The molecular formula is C25H42Si. The number of allylic oxidation sites excluding steroid dienone is 4. The molecule has 0 aromatic rings. The number of fused-ring (bicyclic) bond motifs is 2. The van der Waals surface area contributed by atoms with Gasteiger partial charge in [-0.2, -0.15) is 0 Å². The lowest BCUT2D eigenvalue weighted by molar-refractivity contribution is 0.273. The van der Waals surface area contributed by atoms with E-state index in [1.807, 2.05) is 0 Å². The van der Waals surface area contributed by atoms with Crippen molar-refractivity contribution in [1.29, 1.82) is 0 Å². The summed E-state index contributed by atoms with van der Waals surface area (Å²) in [7, 11) is -1.27. The van der Waals surface area contributed by atoms with E-state index >= 15 is 0 Å². The number of hydrogen-bond donors (Lipinski definition) is 0. The second kappa shape index (κ2) is 6.64. The van der Waals surface area contributed by atoms with Crippen LogP contribution in [0.5, 0.6) is 0 Å². The summed E-state index contributed by atoms with van der Waals surface area (Å²) in [5.41, 5.74) is 4.00. The molecule has 26 heavy (non-hydrogen) atoms. The first-order valence-corrected chi connectivity index (χ1v) is 14.8. The van der Waals surface area contributed by atoms with Crippen molar-refractivity contribution in [1.82, 2.24) is 0 Å². The van der Waals surface area contributed by atoms with Crippen LogP contribution >= 0.6 is 0 Å². The van der Waals surface area contributed by atoms with E-state index in [9.17, 15) is 0 Å². The van der Waals surface area contributed by atoms with Crippen molar-refractivity contribution in [2.24, 2.45) is 35.0 Å².